The van der Waals surface area contributed by atoms with Gasteiger partial charge in [0.2, 0.25) is 0 Å². The molecule has 0 saturated carbocycles. The highest BCUT2D eigenvalue weighted by atomic mass is 127. The average molecular weight is 536 g/mol. The standard InChI is InChI=1S/C22H37N3O2S.HI/c1-6-18-16-25(14-12-20(18)19-10-8-7-9-11-19)21(23-4)24-17-22(2,3)13-15-28(5,26)27;/h7-11,18,20H,6,12-17H2,1-5H3,(H,23,24);1H. The molecular formula is C22H38IN3O2S. The van der Waals surface area contributed by atoms with Crippen LogP contribution in [0, 0.1) is 11.3 Å². The summed E-state index contributed by atoms with van der Waals surface area (Å²) in [5.41, 5.74) is 1.34. The van der Waals surface area contributed by atoms with E-state index in [1.165, 1.54) is 11.8 Å². The van der Waals surface area contributed by atoms with Gasteiger partial charge in [0.25, 0.3) is 0 Å². The second-order valence-electron chi connectivity index (χ2n) is 8.87. The number of rotatable bonds is 7. The highest BCUT2D eigenvalue weighted by Gasteiger charge is 2.31. The molecule has 1 saturated heterocycles. The van der Waals surface area contributed by atoms with Crippen molar-refractivity contribution in [3.63, 3.8) is 0 Å². The molecule has 1 aliphatic rings. The number of sulfone groups is 1. The van der Waals surface area contributed by atoms with Crippen molar-refractivity contribution in [2.75, 3.05) is 38.7 Å². The van der Waals surface area contributed by atoms with Gasteiger partial charge in [0.05, 0.1) is 5.75 Å². The Morgan fingerprint density at radius 1 is 1.28 bits per heavy atom. The summed E-state index contributed by atoms with van der Waals surface area (Å²) in [6, 6.07) is 10.8. The molecule has 1 fully saturated rings. The van der Waals surface area contributed by atoms with Crippen LogP contribution in [0.5, 0.6) is 0 Å². The zero-order valence-electron chi connectivity index (χ0n) is 18.5. The first kappa shape index (κ1) is 26.2. The monoisotopic (exact) mass is 535 g/mol. The van der Waals surface area contributed by atoms with E-state index in [0.29, 0.717) is 24.8 Å². The van der Waals surface area contributed by atoms with Crippen molar-refractivity contribution in [1.82, 2.24) is 10.2 Å². The summed E-state index contributed by atoms with van der Waals surface area (Å²) in [6.45, 7) is 9.18. The van der Waals surface area contributed by atoms with Gasteiger partial charge in [0.15, 0.2) is 5.96 Å². The summed E-state index contributed by atoms with van der Waals surface area (Å²) in [4.78, 5) is 6.86. The molecule has 0 aromatic heterocycles. The van der Waals surface area contributed by atoms with Gasteiger partial charge in [0.1, 0.15) is 9.84 Å². The number of likely N-dealkylation sites (tertiary alicyclic amines) is 1. The lowest BCUT2D eigenvalue weighted by molar-refractivity contribution is 0.213. The summed E-state index contributed by atoms with van der Waals surface area (Å²) < 4.78 is 23.0. The van der Waals surface area contributed by atoms with Crippen molar-refractivity contribution < 1.29 is 8.42 Å². The molecule has 166 valence electrons. The molecule has 2 unspecified atom stereocenters. The summed E-state index contributed by atoms with van der Waals surface area (Å²) in [5, 5.41) is 3.50. The molecule has 2 atom stereocenters. The Morgan fingerprint density at radius 3 is 2.48 bits per heavy atom. The van der Waals surface area contributed by atoms with Gasteiger partial charge in [-0.05, 0) is 35.7 Å². The predicted molar refractivity (Wildman–Crippen MR) is 134 cm³/mol. The van der Waals surface area contributed by atoms with Crippen LogP contribution in [0.4, 0.5) is 0 Å². The SMILES string of the molecule is CCC1CN(C(=NC)NCC(C)(C)CCS(C)(=O)=O)CCC1c1ccccc1.I. The molecular weight excluding hydrogens is 497 g/mol. The van der Waals surface area contributed by atoms with Crippen molar-refractivity contribution >= 4 is 39.8 Å². The van der Waals surface area contributed by atoms with E-state index < -0.39 is 9.84 Å². The molecule has 2 rings (SSSR count). The van der Waals surface area contributed by atoms with Crippen LogP contribution in [-0.4, -0.2) is 58.0 Å². The average Bonchev–Trinajstić information content (AvgIpc) is 2.67. The summed E-state index contributed by atoms with van der Waals surface area (Å²) in [6.07, 6.45) is 4.22. The van der Waals surface area contributed by atoms with E-state index in [1.54, 1.807) is 0 Å². The fourth-order valence-electron chi connectivity index (χ4n) is 3.98. The van der Waals surface area contributed by atoms with Gasteiger partial charge in [-0.3, -0.25) is 4.99 Å². The normalized spacial score (nSPS) is 20.9. The fourth-order valence-corrected chi connectivity index (χ4v) is 4.90. The lowest BCUT2D eigenvalue weighted by Gasteiger charge is -2.40. The number of hydrogen-bond donors (Lipinski definition) is 1. The van der Waals surface area contributed by atoms with Crippen molar-refractivity contribution in [3.8, 4) is 0 Å². The molecule has 1 N–H and O–H groups in total. The Balaban J connectivity index is 0.00000420. The Kier molecular flexibility index (Phi) is 10.4. The molecule has 5 nitrogen and oxygen atoms in total. The highest BCUT2D eigenvalue weighted by molar-refractivity contribution is 14.0. The number of halogens is 1. The maximum absolute atomic E-state index is 11.5. The minimum absolute atomic E-state index is 0. The highest BCUT2D eigenvalue weighted by Crippen LogP contribution is 2.34. The molecule has 1 aromatic rings. The van der Waals surface area contributed by atoms with E-state index >= 15 is 0 Å². The Hall–Kier alpha value is -0.830. The third kappa shape index (κ3) is 8.44. The molecule has 1 aliphatic heterocycles. The number of nitrogens with zero attached hydrogens (tertiary/aromatic N) is 2. The Bertz CT molecular complexity index is 751. The molecule has 1 heterocycles. The number of benzene rings is 1. The van der Waals surface area contributed by atoms with Gasteiger partial charge in [0, 0.05) is 32.9 Å². The lowest BCUT2D eigenvalue weighted by atomic mass is 9.79. The zero-order valence-corrected chi connectivity index (χ0v) is 21.7. The van der Waals surface area contributed by atoms with Crippen LogP contribution in [0.15, 0.2) is 35.3 Å². The summed E-state index contributed by atoms with van der Waals surface area (Å²) in [5.74, 6) is 2.36. The van der Waals surface area contributed by atoms with Crippen LogP contribution in [0.25, 0.3) is 0 Å². The molecule has 0 amide bonds. The van der Waals surface area contributed by atoms with E-state index in [1.807, 2.05) is 7.05 Å². The van der Waals surface area contributed by atoms with Gasteiger partial charge in [-0.1, -0.05) is 57.5 Å². The number of nitrogens with one attached hydrogen (secondary N) is 1. The van der Waals surface area contributed by atoms with Crippen LogP contribution in [-0.2, 0) is 9.84 Å². The fraction of sp³-hybridized carbons (Fsp3) is 0.682. The van der Waals surface area contributed by atoms with Crippen LogP contribution >= 0.6 is 24.0 Å². The zero-order chi connectivity index (χ0) is 20.8. The molecule has 1 aromatic carbocycles. The molecule has 7 heteroatoms. The molecule has 0 aliphatic carbocycles. The van der Waals surface area contributed by atoms with Gasteiger partial charge in [-0.15, -0.1) is 24.0 Å². The topological polar surface area (TPSA) is 61.8 Å². The van der Waals surface area contributed by atoms with E-state index in [-0.39, 0.29) is 35.1 Å². The van der Waals surface area contributed by atoms with Crippen LogP contribution in [0.3, 0.4) is 0 Å². The van der Waals surface area contributed by atoms with Crippen molar-refractivity contribution in [2.24, 2.45) is 16.3 Å². The number of guanidine groups is 1. The minimum atomic E-state index is -2.93. The number of piperidine rings is 1. The first-order chi connectivity index (χ1) is 13.1. The molecule has 0 radical (unpaired) electrons. The number of aliphatic imine (C=N–C) groups is 1. The third-order valence-electron chi connectivity index (χ3n) is 5.87. The van der Waals surface area contributed by atoms with Gasteiger partial charge >= 0.3 is 0 Å². The van der Waals surface area contributed by atoms with E-state index in [9.17, 15) is 8.42 Å². The maximum Gasteiger partial charge on any atom is 0.193 e. The first-order valence-electron chi connectivity index (χ1n) is 10.3. The van der Waals surface area contributed by atoms with Gasteiger partial charge in [-0.2, -0.15) is 0 Å². The smallest absolute Gasteiger partial charge is 0.193 e. The summed E-state index contributed by atoms with van der Waals surface area (Å²) >= 11 is 0. The molecule has 0 spiro atoms. The van der Waals surface area contributed by atoms with Crippen molar-refractivity contribution in [3.05, 3.63) is 35.9 Å². The molecule has 0 bridgehead atoms. The van der Waals surface area contributed by atoms with Crippen molar-refractivity contribution in [1.29, 1.82) is 0 Å². The number of hydrogen-bond acceptors (Lipinski definition) is 3. The van der Waals surface area contributed by atoms with Crippen LogP contribution in [0.2, 0.25) is 0 Å². The predicted octanol–water partition coefficient (Wildman–Crippen LogP) is 4.16. The van der Waals surface area contributed by atoms with E-state index in [2.05, 4.69) is 66.3 Å². The third-order valence-corrected chi connectivity index (χ3v) is 6.82. The Morgan fingerprint density at radius 2 is 1.93 bits per heavy atom. The van der Waals surface area contributed by atoms with Crippen molar-refractivity contribution in [2.45, 2.75) is 46.0 Å². The maximum atomic E-state index is 11.5. The van der Waals surface area contributed by atoms with E-state index in [4.69, 9.17) is 0 Å². The molecule has 29 heavy (non-hydrogen) atoms. The largest absolute Gasteiger partial charge is 0.356 e. The van der Waals surface area contributed by atoms with Crippen LogP contribution in [0.1, 0.15) is 51.5 Å². The second-order valence-corrected chi connectivity index (χ2v) is 11.1. The van der Waals surface area contributed by atoms with E-state index in [0.717, 1.165) is 31.9 Å². The minimum Gasteiger partial charge on any atom is -0.356 e. The second kappa shape index (κ2) is 11.5. The summed E-state index contributed by atoms with van der Waals surface area (Å²) in [7, 11) is -1.10. The van der Waals surface area contributed by atoms with Gasteiger partial charge < -0.3 is 10.2 Å². The first-order valence-corrected chi connectivity index (χ1v) is 12.4. The van der Waals surface area contributed by atoms with Crippen LogP contribution < -0.4 is 5.32 Å². The quantitative estimate of drug-likeness (QED) is 0.324. The Labute approximate surface area is 194 Å². The lowest BCUT2D eigenvalue weighted by Crippen LogP contribution is -2.50. The van der Waals surface area contributed by atoms with Gasteiger partial charge in [-0.25, -0.2) is 8.42 Å².